The van der Waals surface area contributed by atoms with Gasteiger partial charge in [-0.2, -0.15) is 0 Å². The molecule has 2 bridgehead atoms. The van der Waals surface area contributed by atoms with Crippen LogP contribution in [0.15, 0.2) is 42.5 Å². The molecule has 3 aliphatic heterocycles. The Hall–Kier alpha value is -2.86. The average molecular weight is 433 g/mol. The van der Waals surface area contributed by atoms with Gasteiger partial charge in [-0.3, -0.25) is 4.79 Å². The second kappa shape index (κ2) is 8.58. The highest BCUT2D eigenvalue weighted by Crippen LogP contribution is 2.42. The van der Waals surface area contributed by atoms with Crippen molar-refractivity contribution in [1.29, 1.82) is 0 Å². The molecule has 1 aromatic heterocycles. The number of carbonyl (C=O) groups is 1. The molecule has 4 heterocycles. The molecular weight excluding hydrogens is 400 g/mol. The van der Waals surface area contributed by atoms with E-state index in [1.54, 1.807) is 0 Å². The summed E-state index contributed by atoms with van der Waals surface area (Å²) in [5, 5.41) is 10.7. The van der Waals surface area contributed by atoms with E-state index in [4.69, 9.17) is 14.9 Å². The van der Waals surface area contributed by atoms with E-state index in [0.717, 1.165) is 12.8 Å². The predicted octanol–water partition coefficient (Wildman–Crippen LogP) is 4.16. The number of benzene rings is 2. The number of aromatic nitrogens is 2. The van der Waals surface area contributed by atoms with Gasteiger partial charge in [-0.05, 0) is 56.7 Å². The lowest BCUT2D eigenvalue weighted by Gasteiger charge is -2.34. The maximum absolute atomic E-state index is 8.36. The van der Waals surface area contributed by atoms with Crippen molar-refractivity contribution in [3.05, 3.63) is 59.4 Å². The molecule has 32 heavy (non-hydrogen) atoms. The minimum atomic E-state index is -0.250. The maximum Gasteiger partial charge on any atom is 0.290 e. The third kappa shape index (κ3) is 3.56. The lowest BCUT2D eigenvalue weighted by Crippen LogP contribution is -2.33. The van der Waals surface area contributed by atoms with Crippen LogP contribution in [0, 0.1) is 0 Å². The summed E-state index contributed by atoms with van der Waals surface area (Å²) < 4.78 is 2.61. The summed E-state index contributed by atoms with van der Waals surface area (Å²) in [5.41, 5.74) is 6.76. The zero-order valence-corrected chi connectivity index (χ0v) is 18.9. The van der Waals surface area contributed by atoms with Crippen LogP contribution in [0.4, 0.5) is 5.69 Å². The Balaban J connectivity index is 0.000000684. The quantitative estimate of drug-likeness (QED) is 0.608. The lowest BCUT2D eigenvalue weighted by molar-refractivity contribution is -0.122. The Labute approximate surface area is 189 Å². The molecule has 3 aliphatic rings. The Kier molecular flexibility index (Phi) is 5.64. The Morgan fingerprint density at radius 2 is 1.94 bits per heavy atom. The molecule has 6 heteroatoms. The van der Waals surface area contributed by atoms with Crippen LogP contribution in [0.1, 0.15) is 55.6 Å². The van der Waals surface area contributed by atoms with E-state index in [1.165, 1.54) is 59.4 Å². The third-order valence-corrected chi connectivity index (χ3v) is 7.67. The first-order valence-corrected chi connectivity index (χ1v) is 11.7. The van der Waals surface area contributed by atoms with Crippen LogP contribution in [0.3, 0.4) is 0 Å². The zero-order chi connectivity index (χ0) is 22.2. The summed E-state index contributed by atoms with van der Waals surface area (Å²) in [6.07, 6.45) is 7.12. The molecular formula is C26H32N4O2. The number of imidazole rings is 1. The minimum Gasteiger partial charge on any atom is -0.483 e. The van der Waals surface area contributed by atoms with E-state index in [-0.39, 0.29) is 6.47 Å². The lowest BCUT2D eigenvalue weighted by atomic mass is 9.94. The van der Waals surface area contributed by atoms with Crippen molar-refractivity contribution in [1.82, 2.24) is 14.9 Å². The summed E-state index contributed by atoms with van der Waals surface area (Å²) in [7, 11) is 2.23. The van der Waals surface area contributed by atoms with Gasteiger partial charge in [-0.25, -0.2) is 4.98 Å². The molecule has 4 unspecified atom stereocenters. The number of rotatable bonds is 3. The standard InChI is InChI=1S/C25H30N4.CH2O2/c1-16-8-10-19-21(28(16)2)12-13-22-25(19)27-24(14-17-6-4-3-5-7-17)29(22)23-15-18-9-11-20(23)26-18;2-1-3/h3-7,12-13,16,18,20,23,26H,8-11,14-15H2,1-2H3;1H,(H,2,3). The van der Waals surface area contributed by atoms with Crippen molar-refractivity contribution in [2.45, 2.75) is 69.6 Å². The predicted molar refractivity (Wildman–Crippen MR) is 127 cm³/mol. The fraction of sp³-hybridized carbons (Fsp3) is 0.462. The van der Waals surface area contributed by atoms with Crippen molar-refractivity contribution < 1.29 is 9.90 Å². The number of hydrogen-bond donors (Lipinski definition) is 2. The molecule has 3 aromatic rings. The smallest absolute Gasteiger partial charge is 0.290 e. The van der Waals surface area contributed by atoms with Crippen LogP contribution in [0.25, 0.3) is 11.0 Å². The SMILES string of the molecule is CC1CCc2c(ccc3c2nc(Cc2ccccc2)n3C2CC3CCC2N3)N1C.O=CO. The first-order valence-electron chi connectivity index (χ1n) is 11.7. The van der Waals surface area contributed by atoms with Crippen molar-refractivity contribution in [2.24, 2.45) is 0 Å². The normalized spacial score (nSPS) is 26.0. The van der Waals surface area contributed by atoms with Gasteiger partial charge in [0.05, 0.1) is 17.1 Å². The maximum atomic E-state index is 8.36. The van der Waals surface area contributed by atoms with Gasteiger partial charge < -0.3 is 19.9 Å². The summed E-state index contributed by atoms with van der Waals surface area (Å²) in [5.74, 6) is 1.24. The highest BCUT2D eigenvalue weighted by atomic mass is 16.3. The van der Waals surface area contributed by atoms with Gasteiger partial charge in [0.2, 0.25) is 0 Å². The van der Waals surface area contributed by atoms with Crippen molar-refractivity contribution in [3.8, 4) is 0 Å². The Bertz CT molecular complexity index is 1110. The molecule has 2 aromatic carbocycles. The topological polar surface area (TPSA) is 70.4 Å². The zero-order valence-electron chi connectivity index (χ0n) is 18.9. The van der Waals surface area contributed by atoms with Gasteiger partial charge in [-0.1, -0.05) is 30.3 Å². The van der Waals surface area contributed by atoms with E-state index in [0.29, 0.717) is 24.2 Å². The van der Waals surface area contributed by atoms with E-state index in [1.807, 2.05) is 0 Å². The van der Waals surface area contributed by atoms with Gasteiger partial charge in [0.1, 0.15) is 5.82 Å². The van der Waals surface area contributed by atoms with Crippen LogP contribution in [0.2, 0.25) is 0 Å². The second-order valence-electron chi connectivity index (χ2n) is 9.45. The third-order valence-electron chi connectivity index (χ3n) is 7.67. The highest BCUT2D eigenvalue weighted by Gasteiger charge is 2.41. The number of nitrogens with zero attached hydrogens (tertiary/aromatic N) is 3. The van der Waals surface area contributed by atoms with Crippen molar-refractivity contribution in [3.63, 3.8) is 0 Å². The molecule has 0 spiro atoms. The first kappa shape index (κ1) is 21.0. The van der Waals surface area contributed by atoms with E-state index in [2.05, 4.69) is 71.2 Å². The molecule has 0 amide bonds. The number of nitrogens with one attached hydrogen (secondary N) is 1. The van der Waals surface area contributed by atoms with Crippen LogP contribution in [-0.2, 0) is 17.6 Å². The van der Waals surface area contributed by atoms with Crippen LogP contribution in [-0.4, -0.2) is 46.3 Å². The van der Waals surface area contributed by atoms with Gasteiger partial charge in [0, 0.05) is 42.8 Å². The number of hydrogen-bond acceptors (Lipinski definition) is 4. The van der Waals surface area contributed by atoms with Gasteiger partial charge in [0.15, 0.2) is 0 Å². The van der Waals surface area contributed by atoms with E-state index in [9.17, 15) is 0 Å². The van der Waals surface area contributed by atoms with Gasteiger partial charge in [0.25, 0.3) is 6.47 Å². The average Bonchev–Trinajstić information content (AvgIpc) is 3.51. The molecule has 168 valence electrons. The second-order valence-corrected chi connectivity index (χ2v) is 9.45. The number of fused-ring (bicyclic) bond motifs is 5. The first-order chi connectivity index (χ1) is 15.6. The van der Waals surface area contributed by atoms with Crippen LogP contribution >= 0.6 is 0 Å². The number of aryl methyl sites for hydroxylation is 1. The highest BCUT2D eigenvalue weighted by molar-refractivity contribution is 5.86. The molecule has 2 fully saturated rings. The molecule has 6 rings (SSSR count). The summed E-state index contributed by atoms with van der Waals surface area (Å²) >= 11 is 0. The number of anilines is 1. The van der Waals surface area contributed by atoms with E-state index < -0.39 is 0 Å². The summed E-state index contributed by atoms with van der Waals surface area (Å²) in [4.78, 5) is 16.1. The van der Waals surface area contributed by atoms with Crippen molar-refractivity contribution >= 4 is 23.2 Å². The van der Waals surface area contributed by atoms with E-state index >= 15 is 0 Å². The van der Waals surface area contributed by atoms with Crippen molar-refractivity contribution in [2.75, 3.05) is 11.9 Å². The minimum absolute atomic E-state index is 0.250. The molecule has 0 radical (unpaired) electrons. The molecule has 0 saturated carbocycles. The Morgan fingerprint density at radius 1 is 1.16 bits per heavy atom. The fourth-order valence-corrected chi connectivity index (χ4v) is 5.97. The molecule has 6 nitrogen and oxygen atoms in total. The van der Waals surface area contributed by atoms with Gasteiger partial charge in [-0.15, -0.1) is 0 Å². The van der Waals surface area contributed by atoms with Gasteiger partial charge >= 0.3 is 0 Å². The number of carboxylic acid groups (broad SMARTS) is 1. The largest absolute Gasteiger partial charge is 0.483 e. The molecule has 0 aliphatic carbocycles. The Morgan fingerprint density at radius 3 is 2.62 bits per heavy atom. The molecule has 2 saturated heterocycles. The van der Waals surface area contributed by atoms with Crippen LogP contribution in [0.5, 0.6) is 0 Å². The molecule has 2 N–H and O–H groups in total. The molecule has 4 atom stereocenters. The monoisotopic (exact) mass is 432 g/mol. The summed E-state index contributed by atoms with van der Waals surface area (Å²) in [6, 6.07) is 18.0. The fourth-order valence-electron chi connectivity index (χ4n) is 5.97. The summed E-state index contributed by atoms with van der Waals surface area (Å²) in [6.45, 7) is 2.08. The van der Waals surface area contributed by atoms with Crippen LogP contribution < -0.4 is 10.2 Å².